The van der Waals surface area contributed by atoms with Gasteiger partial charge in [0.25, 0.3) is 5.91 Å². The normalized spacial score (nSPS) is 27.0. The van der Waals surface area contributed by atoms with Gasteiger partial charge < -0.3 is 19.9 Å². The number of nitrogens with zero attached hydrogens (tertiary/aromatic N) is 2. The number of ketones is 1. The van der Waals surface area contributed by atoms with Crippen LogP contribution in [0.4, 0.5) is 0 Å². The molecular formula is C25H28N4O4. The van der Waals surface area contributed by atoms with Gasteiger partial charge in [-0.3, -0.25) is 14.4 Å². The Morgan fingerprint density at radius 3 is 2.97 bits per heavy atom. The highest BCUT2D eigenvalue weighted by Gasteiger charge is 2.57. The topological polar surface area (TPSA) is 115 Å². The van der Waals surface area contributed by atoms with E-state index in [1.165, 1.54) is 0 Å². The van der Waals surface area contributed by atoms with E-state index >= 15 is 0 Å². The van der Waals surface area contributed by atoms with Crippen molar-refractivity contribution in [3.8, 4) is 11.8 Å². The maximum Gasteiger partial charge on any atom is 0.271 e. The minimum atomic E-state index is -0.725. The van der Waals surface area contributed by atoms with Crippen molar-refractivity contribution >= 4 is 28.5 Å². The molecule has 0 radical (unpaired) electrons. The number of piperidine rings is 1. The van der Waals surface area contributed by atoms with Crippen molar-refractivity contribution in [3.63, 3.8) is 0 Å². The molecule has 0 bridgehead atoms. The fourth-order valence-electron chi connectivity index (χ4n) is 5.58. The zero-order chi connectivity index (χ0) is 23.1. The van der Waals surface area contributed by atoms with Gasteiger partial charge in [-0.05, 0) is 55.7 Å². The molecule has 2 aliphatic carbocycles. The minimum Gasteiger partial charge on any atom is -0.496 e. The molecule has 1 aliphatic heterocycles. The molecule has 2 aromatic rings. The number of aromatic amines is 1. The first-order chi connectivity index (χ1) is 16.0. The Balaban J connectivity index is 1.31. The number of aromatic nitrogens is 1. The van der Waals surface area contributed by atoms with E-state index in [-0.39, 0.29) is 29.4 Å². The van der Waals surface area contributed by atoms with Crippen molar-refractivity contribution < 1.29 is 19.1 Å². The molecule has 1 aromatic carbocycles. The third-order valence-corrected chi connectivity index (χ3v) is 7.43. The van der Waals surface area contributed by atoms with E-state index in [1.54, 1.807) is 18.1 Å². The molecule has 0 spiro atoms. The number of hydrogen-bond acceptors (Lipinski definition) is 5. The molecule has 8 heteroatoms. The van der Waals surface area contributed by atoms with Crippen molar-refractivity contribution in [2.24, 2.45) is 17.8 Å². The summed E-state index contributed by atoms with van der Waals surface area (Å²) in [6, 6.07) is 8.17. The lowest BCUT2D eigenvalue weighted by atomic mass is 9.84. The van der Waals surface area contributed by atoms with Crippen molar-refractivity contribution in [1.82, 2.24) is 15.2 Å². The number of benzene rings is 1. The van der Waals surface area contributed by atoms with Gasteiger partial charge >= 0.3 is 0 Å². The highest BCUT2D eigenvalue weighted by atomic mass is 16.5. The number of Topliss-reactive ketones (excluding diaryl/α,β-unsaturated/α-hetero) is 1. The smallest absolute Gasteiger partial charge is 0.271 e. The average Bonchev–Trinajstić information content (AvgIpc) is 3.27. The molecule has 5 atom stereocenters. The summed E-state index contributed by atoms with van der Waals surface area (Å²) >= 11 is 0. The van der Waals surface area contributed by atoms with Crippen LogP contribution in [0.25, 0.3) is 10.9 Å². The van der Waals surface area contributed by atoms with Gasteiger partial charge in [-0.1, -0.05) is 12.5 Å². The number of nitriles is 1. The average molecular weight is 449 g/mol. The molecule has 1 aromatic heterocycles. The summed E-state index contributed by atoms with van der Waals surface area (Å²) in [5, 5.41) is 13.3. The molecule has 33 heavy (non-hydrogen) atoms. The fraction of sp³-hybridized carbons (Fsp3) is 0.520. The summed E-state index contributed by atoms with van der Waals surface area (Å²) in [6.45, 7) is 0.534. The van der Waals surface area contributed by atoms with Crippen LogP contribution < -0.4 is 10.1 Å². The van der Waals surface area contributed by atoms with Gasteiger partial charge in [-0.15, -0.1) is 0 Å². The lowest BCUT2D eigenvalue weighted by Gasteiger charge is -2.28. The van der Waals surface area contributed by atoms with E-state index in [9.17, 15) is 19.6 Å². The Morgan fingerprint density at radius 2 is 2.21 bits per heavy atom. The number of hydrogen-bond donors (Lipinski definition) is 2. The van der Waals surface area contributed by atoms with E-state index in [0.29, 0.717) is 36.7 Å². The number of amides is 2. The van der Waals surface area contributed by atoms with Crippen LogP contribution in [0.3, 0.4) is 0 Å². The van der Waals surface area contributed by atoms with Crippen LogP contribution in [0.5, 0.6) is 5.75 Å². The molecule has 3 fully saturated rings. The molecule has 3 aliphatic rings. The van der Waals surface area contributed by atoms with Crippen LogP contribution in [0.2, 0.25) is 0 Å². The first kappa shape index (κ1) is 21.5. The van der Waals surface area contributed by atoms with Crippen LogP contribution in [0, 0.1) is 29.1 Å². The summed E-state index contributed by atoms with van der Waals surface area (Å²) in [5.41, 5.74) is 1.21. The van der Waals surface area contributed by atoms with Crippen LogP contribution in [0.1, 0.15) is 49.0 Å². The molecular weight excluding hydrogens is 420 g/mol. The second-order valence-electron chi connectivity index (χ2n) is 9.50. The number of fused-ring (bicyclic) bond motifs is 2. The molecule has 0 unspecified atom stereocenters. The summed E-state index contributed by atoms with van der Waals surface area (Å²) in [4.78, 5) is 43.6. The predicted octanol–water partition coefficient (Wildman–Crippen LogP) is 2.79. The van der Waals surface area contributed by atoms with Gasteiger partial charge in [0.1, 0.15) is 29.3 Å². The van der Waals surface area contributed by atoms with Crippen LogP contribution in [-0.4, -0.2) is 53.2 Å². The SMILES string of the molecule is COc1cccc2[nH]c(C(=O)N3C[C@@H]4C[C@@H]4[C@H]3C(=O)N[C@H](C#N)C[C@@H]3CCCCC3=O)cc12. The summed E-state index contributed by atoms with van der Waals surface area (Å²) in [5.74, 6) is 0.626. The Kier molecular flexibility index (Phi) is 5.57. The highest BCUT2D eigenvalue weighted by Crippen LogP contribution is 2.50. The molecule has 5 rings (SSSR count). The maximum absolute atomic E-state index is 13.4. The Hall–Kier alpha value is -3.34. The number of methoxy groups -OCH3 is 1. The largest absolute Gasteiger partial charge is 0.496 e. The molecule has 2 amide bonds. The fourth-order valence-corrected chi connectivity index (χ4v) is 5.58. The number of rotatable bonds is 6. The van der Waals surface area contributed by atoms with Gasteiger partial charge in [0.2, 0.25) is 5.91 Å². The zero-order valence-electron chi connectivity index (χ0n) is 18.7. The van der Waals surface area contributed by atoms with Gasteiger partial charge in [0.15, 0.2) is 0 Å². The van der Waals surface area contributed by atoms with Gasteiger partial charge in [0, 0.05) is 29.8 Å². The number of likely N-dealkylation sites (tertiary alicyclic amines) is 1. The number of carbonyl (C=O) groups is 3. The van der Waals surface area contributed by atoms with Gasteiger partial charge in [-0.25, -0.2) is 0 Å². The maximum atomic E-state index is 13.4. The van der Waals surface area contributed by atoms with Crippen LogP contribution in [-0.2, 0) is 9.59 Å². The highest BCUT2D eigenvalue weighted by molar-refractivity contribution is 6.02. The van der Waals surface area contributed by atoms with Crippen molar-refractivity contribution in [3.05, 3.63) is 30.0 Å². The Labute approximate surface area is 192 Å². The molecule has 172 valence electrons. The standard InChI is InChI=1S/C25H28N4O4/c1-33-22-8-4-6-19-18(22)11-20(28-19)25(32)29-13-15-10-17(15)23(29)24(31)27-16(12-26)9-14-5-2-3-7-21(14)30/h4,6,8,11,14-17,23,28H,2-3,5,7,9-10,13H2,1H3,(H,27,31)/t14-,15-,16-,17-,23-/m0/s1. The lowest BCUT2D eigenvalue weighted by Crippen LogP contribution is -2.51. The number of nitrogens with one attached hydrogen (secondary N) is 2. The van der Waals surface area contributed by atoms with Crippen LogP contribution >= 0.6 is 0 Å². The van der Waals surface area contributed by atoms with Crippen LogP contribution in [0.15, 0.2) is 24.3 Å². The Morgan fingerprint density at radius 1 is 1.36 bits per heavy atom. The second kappa shape index (κ2) is 8.54. The molecule has 1 saturated heterocycles. The number of ether oxygens (including phenoxy) is 1. The van der Waals surface area contributed by atoms with Crippen molar-refractivity contribution in [2.75, 3.05) is 13.7 Å². The predicted molar refractivity (Wildman–Crippen MR) is 120 cm³/mol. The lowest BCUT2D eigenvalue weighted by molar-refractivity contribution is -0.128. The first-order valence-corrected chi connectivity index (χ1v) is 11.7. The van der Waals surface area contributed by atoms with E-state index in [1.807, 2.05) is 18.2 Å². The van der Waals surface area contributed by atoms with E-state index in [0.717, 1.165) is 36.6 Å². The second-order valence-corrected chi connectivity index (χ2v) is 9.50. The zero-order valence-corrected chi connectivity index (χ0v) is 18.7. The molecule has 2 heterocycles. The van der Waals surface area contributed by atoms with Gasteiger partial charge in [-0.2, -0.15) is 5.26 Å². The summed E-state index contributed by atoms with van der Waals surface area (Å²) in [6.07, 6.45) is 4.47. The molecule has 2 saturated carbocycles. The summed E-state index contributed by atoms with van der Waals surface area (Å²) < 4.78 is 5.39. The quantitative estimate of drug-likeness (QED) is 0.705. The first-order valence-electron chi connectivity index (χ1n) is 11.7. The minimum absolute atomic E-state index is 0.128. The van der Waals surface area contributed by atoms with E-state index in [4.69, 9.17) is 4.74 Å². The third-order valence-electron chi connectivity index (χ3n) is 7.43. The number of carbonyl (C=O) groups excluding carboxylic acids is 3. The Bertz CT molecular complexity index is 1150. The monoisotopic (exact) mass is 448 g/mol. The van der Waals surface area contributed by atoms with Gasteiger partial charge in [0.05, 0.1) is 13.2 Å². The molecule has 2 N–H and O–H groups in total. The van der Waals surface area contributed by atoms with Crippen molar-refractivity contribution in [2.45, 2.75) is 50.6 Å². The summed E-state index contributed by atoms with van der Waals surface area (Å²) in [7, 11) is 1.59. The van der Waals surface area contributed by atoms with E-state index < -0.39 is 12.1 Å². The molecule has 8 nitrogen and oxygen atoms in total. The third kappa shape index (κ3) is 3.97. The van der Waals surface area contributed by atoms with E-state index in [2.05, 4.69) is 16.4 Å². The van der Waals surface area contributed by atoms with Crippen molar-refractivity contribution in [1.29, 1.82) is 5.26 Å². The number of H-pyrrole nitrogens is 1.